The highest BCUT2D eigenvalue weighted by Gasteiger charge is 2.28. The van der Waals surface area contributed by atoms with E-state index in [1.54, 1.807) is 60.7 Å². The molecular weight excluding hydrogens is 765 g/mol. The van der Waals surface area contributed by atoms with E-state index < -0.39 is 38.4 Å². The van der Waals surface area contributed by atoms with Crippen molar-refractivity contribution in [3.05, 3.63) is 167 Å². The first kappa shape index (κ1) is 37.0. The minimum absolute atomic E-state index is 0.204. The van der Waals surface area contributed by atoms with E-state index in [9.17, 15) is 26.4 Å². The summed E-state index contributed by atoms with van der Waals surface area (Å²) in [5, 5.41) is 9.25. The first-order valence-corrected chi connectivity index (χ1v) is 21.2. The molecule has 57 heavy (non-hydrogen) atoms. The molecule has 0 radical (unpaired) electrons. The lowest BCUT2D eigenvalue weighted by Crippen LogP contribution is -2.13. The minimum atomic E-state index is -3.33. The Bertz CT molecular complexity index is 2710. The summed E-state index contributed by atoms with van der Waals surface area (Å²) in [6, 6.07) is 38.0. The number of sulfone groups is 2. The molecule has 2 N–H and O–H groups in total. The molecule has 0 bridgehead atoms. The number of hydrazone groups is 2. The summed E-state index contributed by atoms with van der Waals surface area (Å²) in [4.78, 5) is 26.8. The van der Waals surface area contributed by atoms with Gasteiger partial charge in [0.25, 0.3) is 0 Å². The number of nitrogens with zero attached hydrogens (tertiary/aromatic N) is 2. The summed E-state index contributed by atoms with van der Waals surface area (Å²) < 4.78 is 58.1. The van der Waals surface area contributed by atoms with Crippen LogP contribution in [-0.4, -0.2) is 59.5 Å². The third-order valence-corrected chi connectivity index (χ3v) is 11.8. The molecule has 0 heterocycles. The van der Waals surface area contributed by atoms with Gasteiger partial charge in [0.15, 0.2) is 19.7 Å². The van der Waals surface area contributed by atoms with Crippen molar-refractivity contribution in [2.24, 2.45) is 10.2 Å². The molecule has 0 saturated heterocycles. The lowest BCUT2D eigenvalue weighted by Gasteiger charge is -2.09. The molecule has 284 valence electrons. The van der Waals surface area contributed by atoms with Gasteiger partial charge in [-0.1, -0.05) is 60.7 Å². The van der Waals surface area contributed by atoms with Gasteiger partial charge in [0.2, 0.25) is 6.79 Å². The van der Waals surface area contributed by atoms with Crippen LogP contribution in [0.3, 0.4) is 0 Å². The number of fused-ring (bicyclic) bond motifs is 6. The molecule has 0 amide bonds. The normalized spacial score (nSPS) is 14.0. The maximum atomic E-state index is 13.2. The number of ether oxygens (including phenoxy) is 2. The minimum Gasteiger partial charge on any atom is -0.424 e. The van der Waals surface area contributed by atoms with Crippen LogP contribution in [0.1, 0.15) is 43.0 Å². The molecule has 6 aromatic rings. The van der Waals surface area contributed by atoms with Crippen molar-refractivity contribution in [1.82, 2.24) is 0 Å². The Kier molecular flexibility index (Phi) is 9.51. The van der Waals surface area contributed by atoms with Crippen molar-refractivity contribution in [2.75, 3.05) is 30.2 Å². The number of rotatable bonds is 10. The average molecular weight is 797 g/mol. The number of hydrogen-bond donors (Lipinski definition) is 2. The van der Waals surface area contributed by atoms with Gasteiger partial charge >= 0.3 is 11.9 Å². The highest BCUT2D eigenvalue weighted by molar-refractivity contribution is 7.91. The van der Waals surface area contributed by atoms with Crippen molar-refractivity contribution < 1.29 is 35.9 Å². The Morgan fingerprint density at radius 3 is 1.19 bits per heavy atom. The molecule has 0 fully saturated rings. The first-order chi connectivity index (χ1) is 27.3. The van der Waals surface area contributed by atoms with Gasteiger partial charge in [-0.15, -0.1) is 0 Å². The molecule has 0 aliphatic heterocycles. The van der Waals surface area contributed by atoms with Crippen LogP contribution >= 0.6 is 0 Å². The molecule has 2 aliphatic rings. The molecule has 14 heteroatoms. The van der Waals surface area contributed by atoms with Crippen LogP contribution in [0.5, 0.6) is 0 Å². The van der Waals surface area contributed by atoms with Gasteiger partial charge in [0, 0.05) is 34.8 Å². The van der Waals surface area contributed by atoms with Crippen molar-refractivity contribution in [3.8, 4) is 22.3 Å². The number of benzene rings is 6. The third-order valence-electron chi connectivity index (χ3n) is 9.50. The average Bonchev–Trinajstić information content (AvgIpc) is 3.70. The standard InChI is InChI=1S/C43H32N4O8S2/c1-56(50,51)30-17-13-28(14-18-30)44-46-40-34-9-5-3-7-32(34)38-23-26(11-21-36(38)40)42(48)54-25-55-43(49)27-12-22-37-39(24-27)33-8-4-6-10-35(33)41(37)47-45-29-15-19-31(20-16-29)57(2,52)53/h3-24,44-45H,25H2,1-2H3/b46-40+,47-41+. The second kappa shape index (κ2) is 14.6. The maximum Gasteiger partial charge on any atom is 0.341 e. The van der Waals surface area contributed by atoms with Crippen molar-refractivity contribution in [1.29, 1.82) is 0 Å². The fourth-order valence-corrected chi connectivity index (χ4v) is 7.94. The van der Waals surface area contributed by atoms with Crippen LogP contribution < -0.4 is 10.9 Å². The van der Waals surface area contributed by atoms with Gasteiger partial charge in [-0.2, -0.15) is 10.2 Å². The number of nitrogens with one attached hydrogen (secondary N) is 2. The van der Waals surface area contributed by atoms with Gasteiger partial charge in [0.1, 0.15) is 0 Å². The van der Waals surface area contributed by atoms with Gasteiger partial charge in [-0.25, -0.2) is 26.4 Å². The zero-order chi connectivity index (χ0) is 39.9. The largest absolute Gasteiger partial charge is 0.424 e. The maximum absolute atomic E-state index is 13.2. The van der Waals surface area contributed by atoms with E-state index in [4.69, 9.17) is 9.47 Å². The summed E-state index contributed by atoms with van der Waals surface area (Å²) in [6.07, 6.45) is 2.30. The van der Waals surface area contributed by atoms with E-state index in [2.05, 4.69) is 21.1 Å². The highest BCUT2D eigenvalue weighted by Crippen LogP contribution is 2.39. The molecule has 12 nitrogen and oxygen atoms in total. The fourth-order valence-electron chi connectivity index (χ4n) is 6.68. The fraction of sp³-hybridized carbons (Fsp3) is 0.0698. The summed E-state index contributed by atoms with van der Waals surface area (Å²) in [5.74, 6) is -1.36. The molecule has 0 aromatic heterocycles. The number of carbonyl (C=O) groups excluding carboxylic acids is 2. The van der Waals surface area contributed by atoms with E-state index in [0.29, 0.717) is 22.8 Å². The number of hydrogen-bond acceptors (Lipinski definition) is 12. The summed E-state index contributed by atoms with van der Waals surface area (Å²) >= 11 is 0. The molecular formula is C43H32N4O8S2. The second-order valence-electron chi connectivity index (χ2n) is 13.3. The van der Waals surface area contributed by atoms with Crippen LogP contribution in [-0.2, 0) is 29.1 Å². The van der Waals surface area contributed by atoms with E-state index in [1.165, 1.54) is 24.3 Å². The van der Waals surface area contributed by atoms with E-state index in [-0.39, 0.29) is 20.9 Å². The van der Waals surface area contributed by atoms with Crippen LogP contribution in [0.15, 0.2) is 153 Å². The monoisotopic (exact) mass is 796 g/mol. The van der Waals surface area contributed by atoms with Crippen LogP contribution in [0.2, 0.25) is 0 Å². The van der Waals surface area contributed by atoms with Crippen LogP contribution in [0, 0.1) is 0 Å². The van der Waals surface area contributed by atoms with Crippen LogP contribution in [0.25, 0.3) is 22.3 Å². The number of carbonyl (C=O) groups is 2. The topological polar surface area (TPSA) is 170 Å². The molecule has 6 aromatic carbocycles. The Balaban J connectivity index is 0.942. The lowest BCUT2D eigenvalue weighted by molar-refractivity contribution is -0.0167. The molecule has 8 rings (SSSR count). The summed E-state index contributed by atoms with van der Waals surface area (Å²) in [5.41, 5.74) is 15.5. The molecule has 0 saturated carbocycles. The predicted molar refractivity (Wildman–Crippen MR) is 217 cm³/mol. The zero-order valence-electron chi connectivity index (χ0n) is 30.4. The Hall–Kier alpha value is -6.90. The molecule has 2 aliphatic carbocycles. The second-order valence-corrected chi connectivity index (χ2v) is 17.4. The van der Waals surface area contributed by atoms with Gasteiger partial charge in [-0.05, 0) is 95.1 Å². The number of esters is 2. The molecule has 0 spiro atoms. The van der Waals surface area contributed by atoms with Crippen LogP contribution in [0.4, 0.5) is 11.4 Å². The third kappa shape index (κ3) is 7.43. The zero-order valence-corrected chi connectivity index (χ0v) is 32.0. The van der Waals surface area contributed by atoms with E-state index in [0.717, 1.165) is 57.0 Å². The lowest BCUT2D eigenvalue weighted by atomic mass is 10.0. The van der Waals surface area contributed by atoms with Gasteiger partial charge in [-0.3, -0.25) is 10.9 Å². The highest BCUT2D eigenvalue weighted by atomic mass is 32.2. The summed E-state index contributed by atoms with van der Waals surface area (Å²) in [6.45, 7) is -0.609. The van der Waals surface area contributed by atoms with Gasteiger partial charge < -0.3 is 9.47 Å². The van der Waals surface area contributed by atoms with Crippen molar-refractivity contribution in [2.45, 2.75) is 9.79 Å². The number of anilines is 2. The van der Waals surface area contributed by atoms with Crippen molar-refractivity contribution >= 4 is 54.4 Å². The Morgan fingerprint density at radius 1 is 0.474 bits per heavy atom. The molecule has 0 unspecified atom stereocenters. The van der Waals surface area contributed by atoms with Gasteiger partial charge in [0.05, 0.1) is 43.7 Å². The summed E-state index contributed by atoms with van der Waals surface area (Å²) in [7, 11) is -6.66. The Morgan fingerprint density at radius 2 is 0.825 bits per heavy atom. The van der Waals surface area contributed by atoms with Crippen molar-refractivity contribution in [3.63, 3.8) is 0 Å². The molecule has 0 atom stereocenters. The first-order valence-electron chi connectivity index (χ1n) is 17.5. The SMILES string of the molecule is CS(=O)(=O)c1ccc(N/N=C2\c3ccccc3-c3cc(C(=O)OCOC(=O)c4ccc5c(c4)-c4ccccc4/C5=N\Nc4ccc(S(C)(=O)=O)cc4)ccc32)cc1. The van der Waals surface area contributed by atoms with E-state index in [1.807, 2.05) is 48.5 Å². The van der Waals surface area contributed by atoms with E-state index >= 15 is 0 Å². The Labute approximate surface area is 328 Å². The predicted octanol–water partition coefficient (Wildman–Crippen LogP) is 7.15. The quantitative estimate of drug-likeness (QED) is 0.0823. The smallest absolute Gasteiger partial charge is 0.341 e.